The van der Waals surface area contributed by atoms with E-state index in [1.54, 1.807) is 18.4 Å². The van der Waals surface area contributed by atoms with E-state index in [1.165, 1.54) is 0 Å². The molecule has 5 nitrogen and oxygen atoms in total. The number of ether oxygens (including phenoxy) is 2. The molecule has 5 heteroatoms. The molecule has 22 heavy (non-hydrogen) atoms. The first-order valence-corrected chi connectivity index (χ1v) is 7.47. The molecule has 4 rings (SSSR count). The molecular formula is C17H18O5. The third-order valence-electron chi connectivity index (χ3n) is 4.66. The maximum Gasteiger partial charge on any atom is 0.134 e. The van der Waals surface area contributed by atoms with E-state index in [1.807, 2.05) is 6.08 Å². The van der Waals surface area contributed by atoms with Crippen LogP contribution in [0.4, 0.5) is 0 Å². The van der Waals surface area contributed by atoms with E-state index in [2.05, 4.69) is 0 Å². The summed E-state index contributed by atoms with van der Waals surface area (Å²) in [6.45, 7) is 0.648. The molecule has 0 bridgehead atoms. The van der Waals surface area contributed by atoms with Crippen LogP contribution in [0, 0.1) is 5.92 Å². The highest BCUT2D eigenvalue weighted by molar-refractivity contribution is 5.46. The lowest BCUT2D eigenvalue weighted by Crippen LogP contribution is -2.21. The lowest BCUT2D eigenvalue weighted by Gasteiger charge is -2.24. The molecule has 1 saturated carbocycles. The van der Waals surface area contributed by atoms with Gasteiger partial charge >= 0.3 is 0 Å². The molecule has 0 saturated heterocycles. The molecule has 116 valence electrons. The molecule has 0 aromatic heterocycles. The molecule has 0 aromatic rings. The van der Waals surface area contributed by atoms with Gasteiger partial charge in [0.2, 0.25) is 0 Å². The second-order valence-corrected chi connectivity index (χ2v) is 6.22. The minimum atomic E-state index is -0.964. The van der Waals surface area contributed by atoms with Crippen molar-refractivity contribution in [1.29, 1.82) is 0 Å². The lowest BCUT2D eigenvalue weighted by atomic mass is 9.97. The Kier molecular flexibility index (Phi) is 2.96. The van der Waals surface area contributed by atoms with Crippen molar-refractivity contribution in [2.45, 2.75) is 24.9 Å². The molecule has 2 unspecified atom stereocenters. The Morgan fingerprint density at radius 2 is 1.95 bits per heavy atom. The number of hydrogen-bond acceptors (Lipinski definition) is 5. The Hall–Kier alpha value is -1.98. The van der Waals surface area contributed by atoms with Crippen LogP contribution in [-0.2, 0) is 9.47 Å². The third-order valence-corrected chi connectivity index (χ3v) is 4.66. The van der Waals surface area contributed by atoms with E-state index in [0.29, 0.717) is 36.5 Å². The van der Waals surface area contributed by atoms with Crippen molar-refractivity contribution in [3.8, 4) is 0 Å². The second kappa shape index (κ2) is 4.76. The molecule has 0 amide bonds. The van der Waals surface area contributed by atoms with Crippen molar-refractivity contribution in [3.05, 3.63) is 58.5 Å². The predicted molar refractivity (Wildman–Crippen MR) is 78.8 cm³/mol. The van der Waals surface area contributed by atoms with Crippen LogP contribution in [0.5, 0.6) is 0 Å². The summed E-state index contributed by atoms with van der Waals surface area (Å²) in [6, 6.07) is 0. The molecule has 0 aromatic carbocycles. The minimum absolute atomic E-state index is 0.182. The van der Waals surface area contributed by atoms with E-state index in [-0.39, 0.29) is 18.3 Å². The Morgan fingerprint density at radius 3 is 2.73 bits per heavy atom. The van der Waals surface area contributed by atoms with Crippen molar-refractivity contribution in [2.24, 2.45) is 5.92 Å². The molecule has 1 heterocycles. The summed E-state index contributed by atoms with van der Waals surface area (Å²) >= 11 is 0. The zero-order valence-electron chi connectivity index (χ0n) is 12.1. The summed E-state index contributed by atoms with van der Waals surface area (Å²) in [4.78, 5) is 0. The van der Waals surface area contributed by atoms with Crippen LogP contribution < -0.4 is 0 Å². The highest BCUT2D eigenvalue weighted by Gasteiger charge is 2.57. The first-order valence-electron chi connectivity index (χ1n) is 7.47. The summed E-state index contributed by atoms with van der Waals surface area (Å²) in [7, 11) is 0. The fraction of sp³-hybridized carbons (Fsp3) is 0.412. The van der Waals surface area contributed by atoms with Gasteiger partial charge < -0.3 is 24.8 Å². The zero-order valence-corrected chi connectivity index (χ0v) is 12.1. The van der Waals surface area contributed by atoms with Gasteiger partial charge in [0.05, 0.1) is 42.3 Å². The normalized spacial score (nSPS) is 34.0. The summed E-state index contributed by atoms with van der Waals surface area (Å²) in [5.74, 6) is 0.821. The summed E-state index contributed by atoms with van der Waals surface area (Å²) < 4.78 is 11.4. The van der Waals surface area contributed by atoms with Gasteiger partial charge in [-0.25, -0.2) is 0 Å². The van der Waals surface area contributed by atoms with Crippen LogP contribution >= 0.6 is 0 Å². The second-order valence-electron chi connectivity index (χ2n) is 6.22. The minimum Gasteiger partial charge on any atom is -0.512 e. The van der Waals surface area contributed by atoms with E-state index >= 15 is 0 Å². The maximum absolute atomic E-state index is 10.2. The predicted octanol–water partition coefficient (Wildman–Crippen LogP) is 2.54. The number of hydrogen-bond donors (Lipinski definition) is 3. The summed E-state index contributed by atoms with van der Waals surface area (Å²) in [5, 5.41) is 29.8. The number of aliphatic hydroxyl groups is 3. The molecule has 3 aliphatic carbocycles. The van der Waals surface area contributed by atoms with Crippen molar-refractivity contribution in [1.82, 2.24) is 0 Å². The summed E-state index contributed by atoms with van der Waals surface area (Å²) in [5.41, 5.74) is 1.63. The van der Waals surface area contributed by atoms with Crippen LogP contribution in [0.3, 0.4) is 0 Å². The van der Waals surface area contributed by atoms with Gasteiger partial charge in [0.25, 0.3) is 0 Å². The maximum atomic E-state index is 10.2. The van der Waals surface area contributed by atoms with Crippen LogP contribution in [0.25, 0.3) is 0 Å². The lowest BCUT2D eigenvalue weighted by molar-refractivity contribution is 0.138. The van der Waals surface area contributed by atoms with Crippen LogP contribution in [0.1, 0.15) is 19.3 Å². The quantitative estimate of drug-likeness (QED) is 0.693. The zero-order chi connectivity index (χ0) is 15.3. The molecule has 3 N–H and O–H groups in total. The van der Waals surface area contributed by atoms with Gasteiger partial charge in [-0.15, -0.1) is 0 Å². The van der Waals surface area contributed by atoms with Gasteiger partial charge in [-0.2, -0.15) is 0 Å². The first kappa shape index (κ1) is 13.7. The molecule has 0 spiro atoms. The molecule has 4 aliphatic rings. The molecule has 1 aliphatic heterocycles. The van der Waals surface area contributed by atoms with E-state index in [4.69, 9.17) is 9.47 Å². The Labute approximate surface area is 128 Å². The molecule has 2 atom stereocenters. The third kappa shape index (κ3) is 2.17. The van der Waals surface area contributed by atoms with Gasteiger partial charge in [-0.1, -0.05) is 6.08 Å². The van der Waals surface area contributed by atoms with E-state index in [9.17, 15) is 15.3 Å². The van der Waals surface area contributed by atoms with Gasteiger partial charge in [0.1, 0.15) is 11.5 Å². The van der Waals surface area contributed by atoms with Crippen molar-refractivity contribution < 1.29 is 24.8 Å². The highest BCUT2D eigenvalue weighted by atomic mass is 16.5. The van der Waals surface area contributed by atoms with Crippen molar-refractivity contribution in [2.75, 3.05) is 13.2 Å². The molecule has 0 radical (unpaired) electrons. The number of fused-ring (bicyclic) bond motifs is 2. The molecular weight excluding hydrogens is 284 g/mol. The van der Waals surface area contributed by atoms with Crippen LogP contribution in [-0.4, -0.2) is 34.1 Å². The number of allylic oxidation sites excluding steroid dienone is 3. The smallest absolute Gasteiger partial charge is 0.134 e. The average molecular weight is 302 g/mol. The molecule has 1 fully saturated rings. The van der Waals surface area contributed by atoms with Crippen molar-refractivity contribution >= 4 is 0 Å². The fourth-order valence-corrected chi connectivity index (χ4v) is 3.16. The SMILES string of the molecule is OC1=CC=C(C2=COC3=CC4(O)CC4C(O)=C3COC2)CC1. The van der Waals surface area contributed by atoms with Gasteiger partial charge in [-0.05, 0) is 30.6 Å². The van der Waals surface area contributed by atoms with Gasteiger partial charge in [0, 0.05) is 12.0 Å². The first-order chi connectivity index (χ1) is 10.6. The number of aliphatic hydroxyl groups excluding tert-OH is 2. The summed E-state index contributed by atoms with van der Waals surface area (Å²) in [6.07, 6.45) is 8.73. The average Bonchev–Trinajstić information content (AvgIpc) is 3.16. The van der Waals surface area contributed by atoms with Gasteiger partial charge in [0.15, 0.2) is 0 Å². The Bertz CT molecular complexity index is 679. The fourth-order valence-electron chi connectivity index (χ4n) is 3.16. The van der Waals surface area contributed by atoms with Crippen LogP contribution in [0.2, 0.25) is 0 Å². The number of rotatable bonds is 1. The van der Waals surface area contributed by atoms with Gasteiger partial charge in [-0.3, -0.25) is 0 Å². The van der Waals surface area contributed by atoms with Crippen molar-refractivity contribution in [3.63, 3.8) is 0 Å². The Balaban J connectivity index is 1.63. The monoisotopic (exact) mass is 302 g/mol. The van der Waals surface area contributed by atoms with E-state index in [0.717, 1.165) is 17.6 Å². The standard InChI is InChI=1S/C17H18O5/c18-12-3-1-10(2-4-12)11-7-21-9-13-15(22-8-11)6-17(20)5-14(17)16(13)19/h1,3,6,8,14,18-20H,2,4-5,7,9H2. The topological polar surface area (TPSA) is 79.2 Å². The van der Waals surface area contributed by atoms with E-state index < -0.39 is 5.60 Å². The Morgan fingerprint density at radius 1 is 1.09 bits per heavy atom. The highest BCUT2D eigenvalue weighted by Crippen LogP contribution is 2.54. The van der Waals surface area contributed by atoms with Crippen LogP contribution in [0.15, 0.2) is 58.5 Å². The largest absolute Gasteiger partial charge is 0.512 e.